The Balaban J connectivity index is 2.17. The minimum Gasteiger partial charge on any atom is -0.489 e. The summed E-state index contributed by atoms with van der Waals surface area (Å²) in [7, 11) is 0. The molecule has 21 heavy (non-hydrogen) atoms. The highest BCUT2D eigenvalue weighted by atomic mass is 79.9. The number of aromatic carboxylic acids is 1. The first kappa shape index (κ1) is 15.0. The second-order valence-corrected chi connectivity index (χ2v) is 4.92. The van der Waals surface area contributed by atoms with Gasteiger partial charge in [0.25, 0.3) is 5.69 Å². The number of hydrogen-bond donors (Lipinski definition) is 1. The first-order valence-electron chi connectivity index (χ1n) is 5.87. The van der Waals surface area contributed by atoms with Crippen molar-refractivity contribution < 1.29 is 19.6 Å². The first-order chi connectivity index (χ1) is 9.99. The van der Waals surface area contributed by atoms with Crippen molar-refractivity contribution in [2.45, 2.75) is 6.61 Å². The number of ether oxygens (including phenoxy) is 1. The average molecular weight is 352 g/mol. The van der Waals surface area contributed by atoms with Gasteiger partial charge in [-0.05, 0) is 34.1 Å². The predicted molar refractivity (Wildman–Crippen MR) is 78.5 cm³/mol. The van der Waals surface area contributed by atoms with Crippen molar-refractivity contribution in [2.75, 3.05) is 0 Å². The molecule has 0 spiro atoms. The van der Waals surface area contributed by atoms with E-state index in [1.165, 1.54) is 18.2 Å². The van der Waals surface area contributed by atoms with Crippen LogP contribution in [0.25, 0.3) is 0 Å². The van der Waals surface area contributed by atoms with Crippen LogP contribution in [0.1, 0.15) is 15.9 Å². The van der Waals surface area contributed by atoms with E-state index in [4.69, 9.17) is 9.84 Å². The maximum Gasteiger partial charge on any atom is 0.335 e. The van der Waals surface area contributed by atoms with Gasteiger partial charge in [-0.1, -0.05) is 18.2 Å². The lowest BCUT2D eigenvalue weighted by Crippen LogP contribution is -2.01. The number of carboxylic acid groups (broad SMARTS) is 1. The zero-order chi connectivity index (χ0) is 15.4. The minimum absolute atomic E-state index is 0.0459. The molecule has 2 aromatic rings. The highest BCUT2D eigenvalue weighted by Gasteiger charge is 2.15. The maximum atomic E-state index is 10.9. The van der Waals surface area contributed by atoms with Gasteiger partial charge in [0.05, 0.1) is 10.5 Å². The van der Waals surface area contributed by atoms with E-state index in [0.717, 1.165) is 0 Å². The Kier molecular flexibility index (Phi) is 4.54. The zero-order valence-electron chi connectivity index (χ0n) is 10.7. The fourth-order valence-electron chi connectivity index (χ4n) is 1.70. The Morgan fingerprint density at radius 1 is 1.29 bits per heavy atom. The van der Waals surface area contributed by atoms with Crippen LogP contribution in [0.5, 0.6) is 5.75 Å². The van der Waals surface area contributed by atoms with Crippen molar-refractivity contribution in [3.05, 3.63) is 68.2 Å². The number of nitro groups is 1. The molecular weight excluding hydrogens is 342 g/mol. The highest BCUT2D eigenvalue weighted by Crippen LogP contribution is 2.29. The van der Waals surface area contributed by atoms with Gasteiger partial charge in [0.1, 0.15) is 16.8 Å². The van der Waals surface area contributed by atoms with E-state index in [1.54, 1.807) is 24.3 Å². The third kappa shape index (κ3) is 3.57. The van der Waals surface area contributed by atoms with Gasteiger partial charge in [-0.25, -0.2) is 4.79 Å². The number of nitrogens with zero attached hydrogens (tertiary/aromatic N) is 1. The fourth-order valence-corrected chi connectivity index (χ4v) is 2.22. The number of carboxylic acids is 1. The molecule has 108 valence electrons. The van der Waals surface area contributed by atoms with E-state index in [1.807, 2.05) is 0 Å². The monoisotopic (exact) mass is 351 g/mol. The van der Waals surface area contributed by atoms with Gasteiger partial charge < -0.3 is 9.84 Å². The molecule has 0 aliphatic heterocycles. The quantitative estimate of drug-likeness (QED) is 0.656. The second kappa shape index (κ2) is 6.36. The predicted octanol–water partition coefficient (Wildman–Crippen LogP) is 3.63. The van der Waals surface area contributed by atoms with Gasteiger partial charge in [-0.2, -0.15) is 0 Å². The van der Waals surface area contributed by atoms with E-state index in [-0.39, 0.29) is 17.9 Å². The summed E-state index contributed by atoms with van der Waals surface area (Å²) < 4.78 is 5.83. The first-order valence-corrected chi connectivity index (χ1v) is 6.66. The van der Waals surface area contributed by atoms with E-state index in [0.29, 0.717) is 15.8 Å². The Labute approximate surface area is 128 Å². The lowest BCUT2D eigenvalue weighted by Gasteiger charge is -2.08. The second-order valence-electron chi connectivity index (χ2n) is 4.13. The molecule has 0 saturated carbocycles. The standard InChI is InChI=1S/C14H10BrNO5/c15-13-10(4-2-6-12(13)16(19)20)8-21-11-5-1-3-9(7-11)14(17)18/h1-7H,8H2,(H,17,18). The third-order valence-corrected chi connectivity index (χ3v) is 3.65. The third-order valence-electron chi connectivity index (χ3n) is 2.73. The molecule has 0 fully saturated rings. The summed E-state index contributed by atoms with van der Waals surface area (Å²) >= 11 is 3.18. The van der Waals surface area contributed by atoms with E-state index < -0.39 is 10.9 Å². The molecular formula is C14H10BrNO5. The van der Waals surface area contributed by atoms with E-state index in [2.05, 4.69) is 15.9 Å². The Hall–Kier alpha value is -2.41. The SMILES string of the molecule is O=C(O)c1cccc(OCc2cccc([N+](=O)[O-])c2Br)c1. The van der Waals surface area contributed by atoms with Crippen LogP contribution in [-0.4, -0.2) is 16.0 Å². The van der Waals surface area contributed by atoms with Crippen molar-refractivity contribution in [1.82, 2.24) is 0 Å². The van der Waals surface area contributed by atoms with Crippen LogP contribution in [-0.2, 0) is 6.61 Å². The van der Waals surface area contributed by atoms with Crippen molar-refractivity contribution in [2.24, 2.45) is 0 Å². The lowest BCUT2D eigenvalue weighted by atomic mass is 10.2. The summed E-state index contributed by atoms with van der Waals surface area (Å²) in [4.78, 5) is 21.2. The van der Waals surface area contributed by atoms with E-state index in [9.17, 15) is 14.9 Å². The molecule has 0 saturated heterocycles. The number of benzene rings is 2. The maximum absolute atomic E-state index is 10.9. The van der Waals surface area contributed by atoms with Crippen LogP contribution >= 0.6 is 15.9 Å². The van der Waals surface area contributed by atoms with Crippen LogP contribution in [0.2, 0.25) is 0 Å². The number of halogens is 1. The molecule has 0 aliphatic rings. The summed E-state index contributed by atoms with van der Waals surface area (Å²) in [6.45, 7) is 0.0886. The molecule has 6 nitrogen and oxygen atoms in total. The molecule has 0 heterocycles. The highest BCUT2D eigenvalue weighted by molar-refractivity contribution is 9.10. The van der Waals surface area contributed by atoms with E-state index >= 15 is 0 Å². The average Bonchev–Trinajstić information content (AvgIpc) is 2.46. The molecule has 0 aromatic heterocycles. The van der Waals surface area contributed by atoms with Crippen LogP contribution in [0.15, 0.2) is 46.9 Å². The molecule has 0 radical (unpaired) electrons. The fraction of sp³-hybridized carbons (Fsp3) is 0.0714. The molecule has 0 aliphatic carbocycles. The number of rotatable bonds is 5. The largest absolute Gasteiger partial charge is 0.489 e. The summed E-state index contributed by atoms with van der Waals surface area (Å²) in [5.41, 5.74) is 0.672. The Morgan fingerprint density at radius 3 is 2.67 bits per heavy atom. The van der Waals surface area contributed by atoms with Crippen molar-refractivity contribution in [1.29, 1.82) is 0 Å². The summed E-state index contributed by atoms with van der Waals surface area (Å²) in [5, 5.41) is 19.7. The van der Waals surface area contributed by atoms with Gasteiger partial charge in [-0.15, -0.1) is 0 Å². The lowest BCUT2D eigenvalue weighted by molar-refractivity contribution is -0.385. The molecule has 1 N–H and O–H groups in total. The summed E-state index contributed by atoms with van der Waals surface area (Å²) in [6, 6.07) is 10.7. The Bertz CT molecular complexity index is 702. The number of nitro benzene ring substituents is 1. The number of carbonyl (C=O) groups is 1. The minimum atomic E-state index is -1.04. The van der Waals surface area contributed by atoms with Gasteiger partial charge in [-0.3, -0.25) is 10.1 Å². The smallest absolute Gasteiger partial charge is 0.335 e. The van der Waals surface area contributed by atoms with Crippen LogP contribution < -0.4 is 4.74 Å². The van der Waals surface area contributed by atoms with Gasteiger partial charge >= 0.3 is 5.97 Å². The van der Waals surface area contributed by atoms with Gasteiger partial charge in [0.2, 0.25) is 0 Å². The molecule has 0 amide bonds. The summed E-state index contributed by atoms with van der Waals surface area (Å²) in [5.74, 6) is -0.662. The van der Waals surface area contributed by atoms with Crippen LogP contribution in [0.4, 0.5) is 5.69 Å². The van der Waals surface area contributed by atoms with Gasteiger partial charge in [0, 0.05) is 11.6 Å². The van der Waals surface area contributed by atoms with Crippen molar-refractivity contribution >= 4 is 27.6 Å². The zero-order valence-corrected chi connectivity index (χ0v) is 12.2. The van der Waals surface area contributed by atoms with Crippen molar-refractivity contribution in [3.63, 3.8) is 0 Å². The molecule has 2 aromatic carbocycles. The normalized spacial score (nSPS) is 10.1. The molecule has 7 heteroatoms. The van der Waals surface area contributed by atoms with Gasteiger partial charge in [0.15, 0.2) is 0 Å². The van der Waals surface area contributed by atoms with Crippen LogP contribution in [0, 0.1) is 10.1 Å². The molecule has 0 bridgehead atoms. The van der Waals surface area contributed by atoms with Crippen LogP contribution in [0.3, 0.4) is 0 Å². The number of hydrogen-bond acceptors (Lipinski definition) is 4. The molecule has 0 atom stereocenters. The summed E-state index contributed by atoms with van der Waals surface area (Å²) in [6.07, 6.45) is 0. The molecule has 2 rings (SSSR count). The Morgan fingerprint density at radius 2 is 2.00 bits per heavy atom. The topological polar surface area (TPSA) is 89.7 Å². The molecule has 0 unspecified atom stereocenters. The van der Waals surface area contributed by atoms with Crippen molar-refractivity contribution in [3.8, 4) is 5.75 Å².